The van der Waals surface area contributed by atoms with Crippen molar-refractivity contribution in [3.05, 3.63) is 34.6 Å². The molecule has 0 saturated heterocycles. The maximum atomic E-state index is 13.9. The highest BCUT2D eigenvalue weighted by Gasteiger charge is 2.21. The van der Waals surface area contributed by atoms with Gasteiger partial charge in [0.2, 0.25) is 0 Å². The number of benzene rings is 1. The molecule has 0 aliphatic carbocycles. The molecule has 0 spiro atoms. The van der Waals surface area contributed by atoms with E-state index in [2.05, 4.69) is 0 Å². The Bertz CT molecular complexity index is 537. The first kappa shape index (κ1) is 16.4. The molecule has 1 aromatic carbocycles. The molecule has 0 bridgehead atoms. The molecule has 0 heterocycles. The number of halogens is 2. The zero-order valence-corrected chi connectivity index (χ0v) is 12.5. The minimum absolute atomic E-state index is 0.00217. The molecule has 0 aliphatic rings. The van der Waals surface area contributed by atoms with Crippen molar-refractivity contribution < 1.29 is 12.8 Å². The van der Waals surface area contributed by atoms with E-state index in [-0.39, 0.29) is 23.9 Å². The van der Waals surface area contributed by atoms with Gasteiger partial charge in [-0.1, -0.05) is 23.7 Å². The van der Waals surface area contributed by atoms with Crippen molar-refractivity contribution in [2.45, 2.75) is 6.04 Å². The summed E-state index contributed by atoms with van der Waals surface area (Å²) in [4.78, 5) is 1.72. The molecule has 108 valence electrons. The SMILES string of the molecule is CN(CCS(C)(=O)=O)C(CN)c1cccc(Cl)c1F. The summed E-state index contributed by atoms with van der Waals surface area (Å²) in [5.74, 6) is -0.506. The fourth-order valence-electron chi connectivity index (χ4n) is 1.79. The van der Waals surface area contributed by atoms with E-state index in [0.717, 1.165) is 6.26 Å². The summed E-state index contributed by atoms with van der Waals surface area (Å²) in [6.07, 6.45) is 1.16. The monoisotopic (exact) mass is 308 g/mol. The molecule has 4 nitrogen and oxygen atoms in total. The molecule has 1 rings (SSSR count). The zero-order valence-electron chi connectivity index (χ0n) is 10.9. The molecule has 19 heavy (non-hydrogen) atoms. The third-order valence-corrected chi connectivity index (χ3v) is 4.13. The van der Waals surface area contributed by atoms with Gasteiger partial charge >= 0.3 is 0 Å². The smallest absolute Gasteiger partial charge is 0.148 e. The first-order chi connectivity index (χ1) is 8.76. The van der Waals surface area contributed by atoms with E-state index in [9.17, 15) is 12.8 Å². The van der Waals surface area contributed by atoms with Crippen LogP contribution in [0, 0.1) is 5.82 Å². The third-order valence-electron chi connectivity index (χ3n) is 2.91. The maximum Gasteiger partial charge on any atom is 0.148 e. The second kappa shape index (κ2) is 6.65. The van der Waals surface area contributed by atoms with Crippen LogP contribution in [-0.2, 0) is 9.84 Å². The quantitative estimate of drug-likeness (QED) is 0.864. The maximum absolute atomic E-state index is 13.9. The van der Waals surface area contributed by atoms with E-state index in [1.54, 1.807) is 24.1 Å². The minimum Gasteiger partial charge on any atom is -0.329 e. The molecule has 0 aliphatic heterocycles. The Labute approximate surface area is 118 Å². The Morgan fingerprint density at radius 2 is 2.11 bits per heavy atom. The molecule has 2 N–H and O–H groups in total. The lowest BCUT2D eigenvalue weighted by molar-refractivity contribution is 0.258. The van der Waals surface area contributed by atoms with Crippen LogP contribution in [0.3, 0.4) is 0 Å². The topological polar surface area (TPSA) is 63.4 Å². The molecule has 0 radical (unpaired) electrons. The highest BCUT2D eigenvalue weighted by atomic mass is 35.5. The normalized spacial score (nSPS) is 13.8. The first-order valence-corrected chi connectivity index (χ1v) is 8.22. The lowest BCUT2D eigenvalue weighted by Gasteiger charge is -2.27. The molecule has 0 fully saturated rings. The van der Waals surface area contributed by atoms with Crippen LogP contribution in [0.2, 0.25) is 5.02 Å². The number of nitrogens with two attached hydrogens (primary N) is 1. The van der Waals surface area contributed by atoms with Crippen LogP contribution < -0.4 is 5.73 Å². The average Bonchev–Trinajstić information content (AvgIpc) is 2.32. The van der Waals surface area contributed by atoms with Crippen LogP contribution in [0.25, 0.3) is 0 Å². The highest BCUT2D eigenvalue weighted by Crippen LogP contribution is 2.26. The van der Waals surface area contributed by atoms with E-state index < -0.39 is 21.7 Å². The molecule has 1 aromatic rings. The lowest BCUT2D eigenvalue weighted by atomic mass is 10.1. The van der Waals surface area contributed by atoms with E-state index in [1.807, 2.05) is 0 Å². The van der Waals surface area contributed by atoms with Crippen LogP contribution in [0.4, 0.5) is 4.39 Å². The third kappa shape index (κ3) is 4.72. The van der Waals surface area contributed by atoms with Gasteiger partial charge in [0.05, 0.1) is 10.8 Å². The van der Waals surface area contributed by atoms with Crippen molar-refractivity contribution in [1.29, 1.82) is 0 Å². The Kier molecular flexibility index (Phi) is 5.73. The number of nitrogens with zero attached hydrogens (tertiary/aromatic N) is 1. The Hall–Kier alpha value is -0.690. The number of likely N-dealkylation sites (N-methyl/N-ethyl adjacent to an activating group) is 1. The molecule has 0 amide bonds. The Morgan fingerprint density at radius 1 is 1.47 bits per heavy atom. The first-order valence-electron chi connectivity index (χ1n) is 5.78. The van der Waals surface area contributed by atoms with Gasteiger partial charge in [-0.05, 0) is 13.1 Å². The van der Waals surface area contributed by atoms with Gasteiger partial charge in [0, 0.05) is 31.0 Å². The minimum atomic E-state index is -3.06. The predicted octanol–water partition coefficient (Wildman–Crippen LogP) is 1.46. The summed E-state index contributed by atoms with van der Waals surface area (Å²) in [7, 11) is -1.35. The van der Waals surface area contributed by atoms with Crippen molar-refractivity contribution in [3.63, 3.8) is 0 Å². The second-order valence-corrected chi connectivity index (χ2v) is 7.17. The molecular weight excluding hydrogens is 291 g/mol. The van der Waals surface area contributed by atoms with Crippen molar-refractivity contribution in [1.82, 2.24) is 4.90 Å². The van der Waals surface area contributed by atoms with E-state index in [1.165, 1.54) is 6.07 Å². The number of hydrogen-bond acceptors (Lipinski definition) is 4. The summed E-state index contributed by atoms with van der Waals surface area (Å²) >= 11 is 5.74. The number of hydrogen-bond donors (Lipinski definition) is 1. The van der Waals surface area contributed by atoms with Crippen molar-refractivity contribution in [3.8, 4) is 0 Å². The van der Waals surface area contributed by atoms with Gasteiger partial charge in [0.15, 0.2) is 0 Å². The Balaban J connectivity index is 2.91. The van der Waals surface area contributed by atoms with E-state index in [4.69, 9.17) is 17.3 Å². The summed E-state index contributed by atoms with van der Waals surface area (Å²) in [6, 6.07) is 4.31. The van der Waals surface area contributed by atoms with E-state index >= 15 is 0 Å². The average molecular weight is 309 g/mol. The zero-order chi connectivity index (χ0) is 14.6. The summed E-state index contributed by atoms with van der Waals surface area (Å²) in [5.41, 5.74) is 6.04. The predicted molar refractivity (Wildman–Crippen MR) is 75.5 cm³/mol. The van der Waals surface area contributed by atoms with Crippen LogP contribution in [0.5, 0.6) is 0 Å². The van der Waals surface area contributed by atoms with Gasteiger partial charge in [-0.2, -0.15) is 0 Å². The molecule has 1 unspecified atom stereocenters. The van der Waals surface area contributed by atoms with Crippen LogP contribution in [-0.4, -0.2) is 45.5 Å². The number of sulfone groups is 1. The van der Waals surface area contributed by atoms with Gasteiger partial charge in [0.1, 0.15) is 15.7 Å². The Morgan fingerprint density at radius 3 is 2.63 bits per heavy atom. The number of rotatable bonds is 6. The van der Waals surface area contributed by atoms with E-state index in [0.29, 0.717) is 5.56 Å². The largest absolute Gasteiger partial charge is 0.329 e. The standard InChI is InChI=1S/C12H18ClFN2O2S/c1-16(6-7-19(2,17)18)11(8-15)9-4-3-5-10(13)12(9)14/h3-5,11H,6-8,15H2,1-2H3. The van der Waals surface area contributed by atoms with Crippen molar-refractivity contribution in [2.24, 2.45) is 5.73 Å². The van der Waals surface area contributed by atoms with Gasteiger partial charge in [-0.15, -0.1) is 0 Å². The fraction of sp³-hybridized carbons (Fsp3) is 0.500. The van der Waals surface area contributed by atoms with Crippen molar-refractivity contribution in [2.75, 3.05) is 32.1 Å². The van der Waals surface area contributed by atoms with Gasteiger partial charge in [0.25, 0.3) is 0 Å². The van der Waals surface area contributed by atoms with Gasteiger partial charge in [-0.3, -0.25) is 4.90 Å². The molecule has 0 saturated carbocycles. The summed E-state index contributed by atoms with van der Waals surface area (Å²) < 4.78 is 36.2. The summed E-state index contributed by atoms with van der Waals surface area (Å²) in [6.45, 7) is 0.462. The molecular formula is C12H18ClFN2O2S. The molecule has 0 aromatic heterocycles. The van der Waals surface area contributed by atoms with Crippen LogP contribution in [0.1, 0.15) is 11.6 Å². The van der Waals surface area contributed by atoms with Crippen LogP contribution in [0.15, 0.2) is 18.2 Å². The van der Waals surface area contributed by atoms with Gasteiger partial charge < -0.3 is 5.73 Å². The fourth-order valence-corrected chi connectivity index (χ4v) is 2.59. The molecule has 1 atom stereocenters. The summed E-state index contributed by atoms with van der Waals surface area (Å²) in [5, 5.41) is 0.0347. The van der Waals surface area contributed by atoms with Crippen LogP contribution >= 0.6 is 11.6 Å². The van der Waals surface area contributed by atoms with Gasteiger partial charge in [-0.25, -0.2) is 12.8 Å². The van der Waals surface area contributed by atoms with Crippen molar-refractivity contribution >= 4 is 21.4 Å². The second-order valence-electron chi connectivity index (χ2n) is 4.51. The lowest BCUT2D eigenvalue weighted by Crippen LogP contribution is -2.34. The highest BCUT2D eigenvalue weighted by molar-refractivity contribution is 7.90. The molecule has 7 heteroatoms.